The lowest BCUT2D eigenvalue weighted by atomic mass is 10.2. The molecular weight excluding hydrogens is 335 g/mol. The molecule has 114 valence electrons. The molecule has 0 bridgehead atoms. The summed E-state index contributed by atoms with van der Waals surface area (Å²) in [6.45, 7) is 0. The van der Waals surface area contributed by atoms with E-state index >= 15 is 0 Å². The Bertz CT molecular complexity index is 749. The molecule has 0 aliphatic heterocycles. The topological polar surface area (TPSA) is 85.1 Å². The summed E-state index contributed by atoms with van der Waals surface area (Å²) < 4.78 is 65.8. The second-order valence-electron chi connectivity index (χ2n) is 3.95. The van der Waals surface area contributed by atoms with Crippen molar-refractivity contribution < 1.29 is 26.1 Å². The lowest BCUT2D eigenvalue weighted by Gasteiger charge is -2.24. The summed E-state index contributed by atoms with van der Waals surface area (Å²) >= 11 is 4.65. The molecule has 11 heteroatoms. The fourth-order valence-corrected chi connectivity index (χ4v) is 1.92. The van der Waals surface area contributed by atoms with Gasteiger partial charge in [-0.3, -0.25) is 4.55 Å². The highest BCUT2D eigenvalue weighted by Gasteiger charge is 2.66. The average Bonchev–Trinajstić information content (AvgIpc) is 2.88. The standard InChI is InChI=1S/C10H7ClF3N3O3S/c11-9(12,21(18,19)20)10(13,14)17-6-8(15-16-17)7-4-2-1-3-5-7/h1-6H,(H,18,19,20). The molecule has 1 N–H and O–H groups in total. The summed E-state index contributed by atoms with van der Waals surface area (Å²) in [5, 5.41) is 6.34. The highest BCUT2D eigenvalue weighted by molar-refractivity contribution is 7.88. The van der Waals surface area contributed by atoms with E-state index in [1.54, 1.807) is 18.2 Å². The number of aromatic nitrogens is 3. The molecule has 0 amide bonds. The molecule has 21 heavy (non-hydrogen) atoms. The minimum absolute atomic E-state index is 0.0573. The quantitative estimate of drug-likeness (QED) is 0.681. The van der Waals surface area contributed by atoms with Crippen molar-refractivity contribution in [1.82, 2.24) is 15.0 Å². The first kappa shape index (κ1) is 15.7. The summed E-state index contributed by atoms with van der Waals surface area (Å²) in [7, 11) is -5.90. The molecule has 1 aromatic carbocycles. The van der Waals surface area contributed by atoms with Crippen molar-refractivity contribution in [1.29, 1.82) is 0 Å². The van der Waals surface area contributed by atoms with Crippen LogP contribution in [0.3, 0.4) is 0 Å². The van der Waals surface area contributed by atoms with E-state index in [0.717, 1.165) is 0 Å². The van der Waals surface area contributed by atoms with E-state index in [1.807, 2.05) is 0 Å². The van der Waals surface area contributed by atoms with Gasteiger partial charge in [-0.2, -0.15) is 26.3 Å². The molecule has 0 aliphatic carbocycles. The fraction of sp³-hybridized carbons (Fsp3) is 0.200. The SMILES string of the molecule is O=S(=O)(O)C(F)(Cl)C(F)(F)n1cc(-c2ccccc2)nn1. The van der Waals surface area contributed by atoms with Crippen LogP contribution >= 0.6 is 11.6 Å². The van der Waals surface area contributed by atoms with Gasteiger partial charge in [0.1, 0.15) is 5.69 Å². The van der Waals surface area contributed by atoms with Gasteiger partial charge in [0, 0.05) is 5.56 Å². The molecule has 2 rings (SSSR count). The molecular formula is C10H7ClF3N3O3S. The molecule has 0 radical (unpaired) electrons. The van der Waals surface area contributed by atoms with E-state index < -0.39 is 20.6 Å². The van der Waals surface area contributed by atoms with Gasteiger partial charge in [-0.05, 0) is 0 Å². The Morgan fingerprint density at radius 2 is 1.76 bits per heavy atom. The monoisotopic (exact) mass is 341 g/mol. The number of rotatable bonds is 4. The Hall–Kier alpha value is -1.65. The molecule has 1 unspecified atom stereocenters. The Balaban J connectivity index is 2.46. The van der Waals surface area contributed by atoms with Gasteiger partial charge in [-0.1, -0.05) is 47.1 Å². The fourth-order valence-electron chi connectivity index (χ4n) is 1.43. The van der Waals surface area contributed by atoms with Gasteiger partial charge in [0.25, 0.3) is 0 Å². The van der Waals surface area contributed by atoms with Crippen molar-refractivity contribution in [3.8, 4) is 11.3 Å². The molecule has 0 spiro atoms. The maximum absolute atomic E-state index is 13.8. The van der Waals surface area contributed by atoms with Crippen molar-refractivity contribution in [3.63, 3.8) is 0 Å². The summed E-state index contributed by atoms with van der Waals surface area (Å²) in [6, 6.07) is 3.06. The average molecular weight is 342 g/mol. The molecule has 1 heterocycles. The maximum atomic E-state index is 13.8. The molecule has 1 atom stereocenters. The van der Waals surface area contributed by atoms with Gasteiger partial charge in [0.15, 0.2) is 0 Å². The van der Waals surface area contributed by atoms with Crippen LogP contribution in [0, 0.1) is 0 Å². The Morgan fingerprint density at radius 1 is 1.19 bits per heavy atom. The first-order valence-electron chi connectivity index (χ1n) is 5.28. The zero-order valence-electron chi connectivity index (χ0n) is 9.99. The van der Waals surface area contributed by atoms with Crippen LogP contribution in [0.4, 0.5) is 13.2 Å². The molecule has 0 saturated carbocycles. The predicted molar refractivity (Wildman–Crippen MR) is 66.9 cm³/mol. The van der Waals surface area contributed by atoms with Crippen LogP contribution < -0.4 is 0 Å². The lowest BCUT2D eigenvalue weighted by molar-refractivity contribution is -0.144. The normalized spacial score (nSPS) is 15.7. The van der Waals surface area contributed by atoms with Gasteiger partial charge in [-0.15, -0.1) is 5.10 Å². The van der Waals surface area contributed by atoms with E-state index in [9.17, 15) is 21.6 Å². The van der Waals surface area contributed by atoms with E-state index in [4.69, 9.17) is 4.55 Å². The summed E-state index contributed by atoms with van der Waals surface area (Å²) in [4.78, 5) is 0. The third-order valence-electron chi connectivity index (χ3n) is 2.52. The highest BCUT2D eigenvalue weighted by atomic mass is 35.5. The van der Waals surface area contributed by atoms with Crippen LogP contribution in [-0.4, -0.2) is 32.4 Å². The smallest absolute Gasteiger partial charge is 0.282 e. The molecule has 6 nitrogen and oxygen atoms in total. The molecule has 2 aromatic rings. The van der Waals surface area contributed by atoms with Crippen LogP contribution in [0.5, 0.6) is 0 Å². The first-order chi connectivity index (χ1) is 9.57. The van der Waals surface area contributed by atoms with E-state index in [-0.39, 0.29) is 10.4 Å². The van der Waals surface area contributed by atoms with Gasteiger partial charge >= 0.3 is 20.6 Å². The third-order valence-corrected chi connectivity index (χ3v) is 4.23. The van der Waals surface area contributed by atoms with Crippen LogP contribution in [0.25, 0.3) is 11.3 Å². The van der Waals surface area contributed by atoms with Crippen molar-refractivity contribution in [2.45, 2.75) is 10.5 Å². The number of halogens is 4. The minimum atomic E-state index is -5.90. The van der Waals surface area contributed by atoms with E-state index in [2.05, 4.69) is 21.9 Å². The van der Waals surface area contributed by atoms with Gasteiger partial charge in [0.2, 0.25) is 0 Å². The first-order valence-corrected chi connectivity index (χ1v) is 7.10. The Kier molecular flexibility index (Phi) is 3.72. The predicted octanol–water partition coefficient (Wildman–Crippen LogP) is 2.24. The minimum Gasteiger partial charge on any atom is -0.282 e. The highest BCUT2D eigenvalue weighted by Crippen LogP contribution is 2.43. The number of benzene rings is 1. The second-order valence-corrected chi connectivity index (χ2v) is 6.21. The summed E-state index contributed by atoms with van der Waals surface area (Å²) in [6.07, 6.45) is 0.608. The number of hydrogen-bond acceptors (Lipinski definition) is 4. The zero-order chi connectivity index (χ0) is 15.9. The number of hydrogen-bond donors (Lipinski definition) is 1. The number of nitrogens with zero attached hydrogens (tertiary/aromatic N) is 3. The van der Waals surface area contributed by atoms with Crippen molar-refractivity contribution >= 4 is 21.7 Å². The second kappa shape index (κ2) is 4.97. The van der Waals surface area contributed by atoms with Crippen LogP contribution in [0.2, 0.25) is 0 Å². The molecule has 0 saturated heterocycles. The van der Waals surface area contributed by atoms with Crippen LogP contribution in [0.1, 0.15) is 0 Å². The Morgan fingerprint density at radius 3 is 2.29 bits per heavy atom. The zero-order valence-corrected chi connectivity index (χ0v) is 11.6. The molecule has 0 fully saturated rings. The van der Waals surface area contributed by atoms with Crippen molar-refractivity contribution in [3.05, 3.63) is 36.5 Å². The lowest BCUT2D eigenvalue weighted by Crippen LogP contribution is -2.48. The van der Waals surface area contributed by atoms with Gasteiger partial charge in [0.05, 0.1) is 6.20 Å². The van der Waals surface area contributed by atoms with Crippen molar-refractivity contribution in [2.24, 2.45) is 0 Å². The molecule has 0 aliphatic rings. The summed E-state index contributed by atoms with van der Waals surface area (Å²) in [5.41, 5.74) is 0.337. The van der Waals surface area contributed by atoms with Crippen molar-refractivity contribution in [2.75, 3.05) is 0 Å². The Labute approximate surface area is 121 Å². The van der Waals surface area contributed by atoms with Gasteiger partial charge < -0.3 is 0 Å². The summed E-state index contributed by atoms with van der Waals surface area (Å²) in [5.74, 6) is 0. The maximum Gasteiger partial charge on any atom is 0.410 e. The largest absolute Gasteiger partial charge is 0.410 e. The van der Waals surface area contributed by atoms with Crippen LogP contribution in [-0.2, 0) is 16.2 Å². The molecule has 1 aromatic heterocycles. The van der Waals surface area contributed by atoms with Crippen LogP contribution in [0.15, 0.2) is 36.5 Å². The van der Waals surface area contributed by atoms with E-state index in [1.165, 1.54) is 12.1 Å². The van der Waals surface area contributed by atoms with E-state index in [0.29, 0.717) is 11.8 Å². The third kappa shape index (κ3) is 2.61. The number of alkyl halides is 4. The van der Waals surface area contributed by atoms with Gasteiger partial charge in [-0.25, -0.2) is 0 Å².